The minimum atomic E-state index is -2.73. The third kappa shape index (κ3) is 5.61. The van der Waals surface area contributed by atoms with Gasteiger partial charge in [0.25, 0.3) is 6.43 Å². The molecule has 2 saturated heterocycles. The number of hydrogen-bond donors (Lipinski definition) is 1. The number of rotatable bonds is 7. The van der Waals surface area contributed by atoms with Crippen LogP contribution in [0.5, 0.6) is 0 Å². The number of imidazole rings is 1. The predicted octanol–water partition coefficient (Wildman–Crippen LogP) is 5.05. The minimum absolute atomic E-state index is 0.273. The standard InChI is InChI=1S/C28H37F2N7O/c29-26(30)27-32-22-6-2-3-7-23(22)37(27)25-18-24(36-14-16-38-17-15-36)33-28(34-25)31-21-10-8-20(9-11-21)19-35-12-4-1-5-13-35/h2-3,6-7,18,20-21,26H,1,4-5,8-17,19H2,(H,31,33,34)/t20-,21-. The number of nitrogens with one attached hydrogen (secondary N) is 1. The summed E-state index contributed by atoms with van der Waals surface area (Å²) in [6, 6.07) is 9.27. The largest absolute Gasteiger partial charge is 0.378 e. The van der Waals surface area contributed by atoms with Crippen molar-refractivity contribution in [2.24, 2.45) is 5.92 Å². The summed E-state index contributed by atoms with van der Waals surface area (Å²) in [7, 11) is 0. The number of morpholine rings is 1. The smallest absolute Gasteiger partial charge is 0.296 e. The van der Waals surface area contributed by atoms with Crippen LogP contribution in [-0.2, 0) is 4.74 Å². The number of aromatic nitrogens is 4. The molecule has 2 aromatic heterocycles. The molecule has 3 fully saturated rings. The predicted molar refractivity (Wildman–Crippen MR) is 144 cm³/mol. The van der Waals surface area contributed by atoms with Gasteiger partial charge in [0.2, 0.25) is 5.95 Å². The van der Waals surface area contributed by atoms with E-state index in [9.17, 15) is 8.78 Å². The molecule has 4 heterocycles. The molecule has 1 saturated carbocycles. The highest BCUT2D eigenvalue weighted by Gasteiger charge is 2.26. The fourth-order valence-corrected chi connectivity index (χ4v) is 6.17. The highest BCUT2D eigenvalue weighted by molar-refractivity contribution is 5.78. The van der Waals surface area contributed by atoms with Gasteiger partial charge in [-0.1, -0.05) is 18.6 Å². The van der Waals surface area contributed by atoms with E-state index in [4.69, 9.17) is 14.7 Å². The van der Waals surface area contributed by atoms with E-state index in [1.807, 2.05) is 12.1 Å². The van der Waals surface area contributed by atoms with Gasteiger partial charge in [0.05, 0.1) is 24.2 Å². The molecule has 10 heteroatoms. The maximum atomic E-state index is 14.1. The zero-order valence-electron chi connectivity index (χ0n) is 21.9. The molecule has 1 aliphatic carbocycles. The third-order valence-corrected chi connectivity index (χ3v) is 8.19. The van der Waals surface area contributed by atoms with E-state index in [0.29, 0.717) is 49.1 Å². The zero-order chi connectivity index (χ0) is 25.9. The second-order valence-corrected chi connectivity index (χ2v) is 10.8. The van der Waals surface area contributed by atoms with Crippen molar-refractivity contribution >= 4 is 22.8 Å². The van der Waals surface area contributed by atoms with Gasteiger partial charge in [0.1, 0.15) is 11.6 Å². The van der Waals surface area contributed by atoms with Crippen molar-refractivity contribution in [1.29, 1.82) is 0 Å². The Morgan fingerprint density at radius 3 is 2.39 bits per heavy atom. The van der Waals surface area contributed by atoms with Crippen LogP contribution in [0.4, 0.5) is 20.5 Å². The van der Waals surface area contributed by atoms with Crippen molar-refractivity contribution in [3.63, 3.8) is 0 Å². The number of alkyl halides is 2. The molecule has 38 heavy (non-hydrogen) atoms. The summed E-state index contributed by atoms with van der Waals surface area (Å²) in [6.45, 7) is 6.32. The number of nitrogens with zero attached hydrogens (tertiary/aromatic N) is 6. The summed E-state index contributed by atoms with van der Waals surface area (Å²) in [4.78, 5) is 18.6. The van der Waals surface area contributed by atoms with E-state index in [-0.39, 0.29) is 11.9 Å². The number of ether oxygens (including phenoxy) is 1. The second kappa shape index (κ2) is 11.5. The monoisotopic (exact) mass is 525 g/mol. The van der Waals surface area contributed by atoms with Crippen molar-refractivity contribution in [3.05, 3.63) is 36.2 Å². The SMILES string of the molecule is FC(F)c1nc2ccccc2n1-c1cc(N2CCOCC2)nc(N[C@H]2CC[C@H](CN3CCCCC3)CC2)n1. The Balaban J connectivity index is 1.25. The Hall–Kier alpha value is -2.85. The maximum Gasteiger partial charge on any atom is 0.296 e. The van der Waals surface area contributed by atoms with Crippen LogP contribution in [0.3, 0.4) is 0 Å². The van der Waals surface area contributed by atoms with Crippen LogP contribution in [0.15, 0.2) is 30.3 Å². The fraction of sp³-hybridized carbons (Fsp3) is 0.607. The Morgan fingerprint density at radius 2 is 1.63 bits per heavy atom. The minimum Gasteiger partial charge on any atom is -0.378 e. The first kappa shape index (κ1) is 25.4. The van der Waals surface area contributed by atoms with Gasteiger partial charge in [-0.25, -0.2) is 13.8 Å². The molecule has 3 aromatic rings. The van der Waals surface area contributed by atoms with Crippen LogP contribution in [0.2, 0.25) is 0 Å². The molecule has 0 spiro atoms. The molecule has 6 rings (SSSR count). The molecule has 0 unspecified atom stereocenters. The van der Waals surface area contributed by atoms with Gasteiger partial charge in [-0.05, 0) is 69.7 Å². The molecule has 0 bridgehead atoms. The lowest BCUT2D eigenvalue weighted by Crippen LogP contribution is -2.38. The van der Waals surface area contributed by atoms with Crippen LogP contribution >= 0.6 is 0 Å². The Labute approximate surface area is 222 Å². The first-order valence-electron chi connectivity index (χ1n) is 14.1. The highest BCUT2D eigenvalue weighted by atomic mass is 19.3. The molecule has 8 nitrogen and oxygen atoms in total. The summed E-state index contributed by atoms with van der Waals surface area (Å²) in [5.74, 6) is 2.06. The Kier molecular flexibility index (Phi) is 7.69. The molecule has 3 aliphatic rings. The van der Waals surface area contributed by atoms with Gasteiger partial charge in [-0.15, -0.1) is 0 Å². The van der Waals surface area contributed by atoms with E-state index >= 15 is 0 Å². The van der Waals surface area contributed by atoms with Crippen LogP contribution in [0.25, 0.3) is 16.9 Å². The van der Waals surface area contributed by atoms with E-state index < -0.39 is 6.43 Å². The van der Waals surface area contributed by atoms with Gasteiger partial charge in [0, 0.05) is 31.7 Å². The van der Waals surface area contributed by atoms with Crippen LogP contribution in [0.1, 0.15) is 57.2 Å². The summed E-state index contributed by atoms with van der Waals surface area (Å²) in [5.41, 5.74) is 1.13. The molecule has 2 aliphatic heterocycles. The van der Waals surface area contributed by atoms with Crippen molar-refractivity contribution in [2.45, 2.75) is 57.4 Å². The van der Waals surface area contributed by atoms with Gasteiger partial charge in [0.15, 0.2) is 5.82 Å². The number of fused-ring (bicyclic) bond motifs is 1. The molecule has 0 atom stereocenters. The van der Waals surface area contributed by atoms with Crippen molar-refractivity contribution in [3.8, 4) is 5.82 Å². The number of likely N-dealkylation sites (tertiary alicyclic amines) is 1. The Morgan fingerprint density at radius 1 is 0.895 bits per heavy atom. The van der Waals surface area contributed by atoms with Gasteiger partial charge in [-0.3, -0.25) is 4.57 Å². The van der Waals surface area contributed by atoms with E-state index in [1.165, 1.54) is 56.3 Å². The topological polar surface area (TPSA) is 71.3 Å². The summed E-state index contributed by atoms with van der Waals surface area (Å²) >= 11 is 0. The number of halogens is 2. The third-order valence-electron chi connectivity index (χ3n) is 8.19. The van der Waals surface area contributed by atoms with Crippen LogP contribution in [0, 0.1) is 5.92 Å². The summed E-state index contributed by atoms with van der Waals surface area (Å²) in [5, 5.41) is 3.57. The van der Waals surface area contributed by atoms with Gasteiger partial charge in [-0.2, -0.15) is 9.97 Å². The van der Waals surface area contributed by atoms with Crippen molar-refractivity contribution < 1.29 is 13.5 Å². The normalized spacial score (nSPS) is 23.3. The zero-order valence-corrected chi connectivity index (χ0v) is 21.9. The van der Waals surface area contributed by atoms with E-state index in [1.54, 1.807) is 18.2 Å². The lowest BCUT2D eigenvalue weighted by Gasteiger charge is -2.34. The van der Waals surface area contributed by atoms with Gasteiger partial charge >= 0.3 is 0 Å². The van der Waals surface area contributed by atoms with E-state index in [0.717, 1.165) is 24.6 Å². The van der Waals surface area contributed by atoms with Crippen LogP contribution < -0.4 is 10.2 Å². The lowest BCUT2D eigenvalue weighted by molar-refractivity contribution is 0.122. The fourth-order valence-electron chi connectivity index (χ4n) is 6.17. The number of piperidine rings is 1. The van der Waals surface area contributed by atoms with E-state index in [2.05, 4.69) is 20.1 Å². The quantitative estimate of drug-likeness (QED) is 0.463. The molecule has 0 radical (unpaired) electrons. The summed E-state index contributed by atoms with van der Waals surface area (Å²) in [6.07, 6.45) is 5.80. The molecular weight excluding hydrogens is 488 g/mol. The molecule has 1 aromatic carbocycles. The molecule has 204 valence electrons. The van der Waals surface area contributed by atoms with Crippen molar-refractivity contribution in [1.82, 2.24) is 24.4 Å². The van der Waals surface area contributed by atoms with Crippen LogP contribution in [-0.4, -0.2) is 76.4 Å². The number of anilines is 2. The first-order chi connectivity index (χ1) is 18.6. The highest BCUT2D eigenvalue weighted by Crippen LogP contribution is 2.31. The van der Waals surface area contributed by atoms with Gasteiger partial charge < -0.3 is 19.9 Å². The Bertz CT molecular complexity index is 1220. The number of hydrogen-bond acceptors (Lipinski definition) is 7. The first-order valence-corrected chi connectivity index (χ1v) is 14.1. The second-order valence-electron chi connectivity index (χ2n) is 10.8. The molecule has 1 N–H and O–H groups in total. The lowest BCUT2D eigenvalue weighted by atomic mass is 9.85. The average molecular weight is 526 g/mol. The number of benzene rings is 1. The average Bonchev–Trinajstić information content (AvgIpc) is 3.35. The molecule has 0 amide bonds. The number of para-hydroxylation sites is 2. The maximum absolute atomic E-state index is 14.1. The molecular formula is C28H37F2N7O. The summed E-state index contributed by atoms with van der Waals surface area (Å²) < 4.78 is 35.2. The van der Waals surface area contributed by atoms with Crippen molar-refractivity contribution in [2.75, 3.05) is 56.2 Å².